The van der Waals surface area contributed by atoms with E-state index in [-0.39, 0.29) is 24.0 Å². The maximum atomic E-state index is 12.8. The molecule has 110 valence electrons. The third-order valence-electron chi connectivity index (χ3n) is 4.09. The molecule has 0 aromatic carbocycles. The summed E-state index contributed by atoms with van der Waals surface area (Å²) < 4.78 is 38.5. The number of rotatable bonds is 1. The average Bonchev–Trinajstić information content (AvgIpc) is 2.60. The van der Waals surface area contributed by atoms with E-state index in [1.807, 2.05) is 4.90 Å². The summed E-state index contributed by atoms with van der Waals surface area (Å²) in [5, 5.41) is 9.75. The minimum Gasteiger partial charge on any atom is -0.393 e. The largest absolute Gasteiger partial charge is 0.433 e. The highest BCUT2D eigenvalue weighted by molar-refractivity contribution is 5.45. The van der Waals surface area contributed by atoms with Crippen molar-refractivity contribution in [2.45, 2.75) is 57.0 Å². The Bertz CT molecular complexity index is 506. The molecule has 0 amide bonds. The van der Waals surface area contributed by atoms with Gasteiger partial charge in [0.25, 0.3) is 0 Å². The highest BCUT2D eigenvalue weighted by Crippen LogP contribution is 2.39. The smallest absolute Gasteiger partial charge is 0.393 e. The molecule has 7 heteroatoms. The maximum Gasteiger partial charge on any atom is 0.433 e. The number of aliphatic hydroxyl groups is 1. The number of aryl methyl sites for hydroxylation is 1. The molecule has 2 aliphatic rings. The van der Waals surface area contributed by atoms with Crippen molar-refractivity contribution in [2.24, 2.45) is 0 Å². The molecule has 3 heterocycles. The number of aliphatic hydroxyl groups excluding tert-OH is 1. The SMILES string of the molecule is Cc1nc(N2C3CCC2CC(O)C3)cc(C(F)(F)F)n1. The van der Waals surface area contributed by atoms with E-state index in [4.69, 9.17) is 0 Å². The van der Waals surface area contributed by atoms with Crippen molar-refractivity contribution >= 4 is 5.82 Å². The van der Waals surface area contributed by atoms with Crippen molar-refractivity contribution in [3.05, 3.63) is 17.6 Å². The Balaban J connectivity index is 1.97. The summed E-state index contributed by atoms with van der Waals surface area (Å²) in [6.07, 6.45) is -1.83. The Hall–Kier alpha value is -1.37. The van der Waals surface area contributed by atoms with Crippen molar-refractivity contribution in [3.8, 4) is 0 Å². The van der Waals surface area contributed by atoms with Crippen LogP contribution in [-0.2, 0) is 6.18 Å². The van der Waals surface area contributed by atoms with E-state index in [0.29, 0.717) is 18.7 Å². The zero-order chi connectivity index (χ0) is 14.5. The second-order valence-electron chi connectivity index (χ2n) is 5.57. The number of halogens is 3. The molecular formula is C13H16F3N3O. The minimum atomic E-state index is -4.46. The predicted octanol–water partition coefficient (Wildman–Crippen LogP) is 2.30. The fourth-order valence-electron chi connectivity index (χ4n) is 3.35. The number of piperidine rings is 1. The second-order valence-corrected chi connectivity index (χ2v) is 5.57. The molecule has 0 radical (unpaired) electrons. The highest BCUT2D eigenvalue weighted by atomic mass is 19.4. The van der Waals surface area contributed by atoms with E-state index in [2.05, 4.69) is 9.97 Å². The van der Waals surface area contributed by atoms with Crippen LogP contribution in [0.4, 0.5) is 19.0 Å². The molecule has 4 nitrogen and oxygen atoms in total. The van der Waals surface area contributed by atoms with Crippen LogP contribution in [0.1, 0.15) is 37.2 Å². The lowest BCUT2D eigenvalue weighted by Crippen LogP contribution is -2.45. The van der Waals surface area contributed by atoms with Crippen molar-refractivity contribution in [1.82, 2.24) is 9.97 Å². The third kappa shape index (κ3) is 2.34. The van der Waals surface area contributed by atoms with Crippen LogP contribution in [-0.4, -0.2) is 33.3 Å². The van der Waals surface area contributed by atoms with Crippen molar-refractivity contribution < 1.29 is 18.3 Å². The average molecular weight is 287 g/mol. The molecular weight excluding hydrogens is 271 g/mol. The second kappa shape index (κ2) is 4.58. The third-order valence-corrected chi connectivity index (χ3v) is 4.09. The standard InChI is InChI=1S/C13H16F3N3O/c1-7-17-11(13(14,15)16)6-12(18-7)19-8-2-3-9(19)5-10(20)4-8/h6,8-10,20H,2-5H2,1H3. The first-order chi connectivity index (χ1) is 9.34. The van der Waals surface area contributed by atoms with Gasteiger partial charge in [0.05, 0.1) is 6.10 Å². The van der Waals surface area contributed by atoms with E-state index in [1.165, 1.54) is 6.92 Å². The Morgan fingerprint density at radius 3 is 2.35 bits per heavy atom. The molecule has 20 heavy (non-hydrogen) atoms. The normalized spacial score (nSPS) is 29.9. The first-order valence-corrected chi connectivity index (χ1v) is 6.74. The Kier molecular flexibility index (Phi) is 3.12. The molecule has 2 atom stereocenters. The van der Waals surface area contributed by atoms with Crippen LogP contribution >= 0.6 is 0 Å². The van der Waals surface area contributed by atoms with Crippen LogP contribution < -0.4 is 4.90 Å². The van der Waals surface area contributed by atoms with Gasteiger partial charge in [-0.15, -0.1) is 0 Å². The van der Waals surface area contributed by atoms with Crippen LogP contribution in [0.15, 0.2) is 6.07 Å². The van der Waals surface area contributed by atoms with Crippen LogP contribution in [0.2, 0.25) is 0 Å². The van der Waals surface area contributed by atoms with E-state index in [0.717, 1.165) is 18.9 Å². The number of nitrogens with zero attached hydrogens (tertiary/aromatic N) is 3. The van der Waals surface area contributed by atoms with Crippen molar-refractivity contribution in [2.75, 3.05) is 4.90 Å². The fourth-order valence-corrected chi connectivity index (χ4v) is 3.35. The lowest BCUT2D eigenvalue weighted by Gasteiger charge is -2.38. The van der Waals surface area contributed by atoms with E-state index in [9.17, 15) is 18.3 Å². The first kappa shape index (κ1) is 13.6. The topological polar surface area (TPSA) is 49.2 Å². The molecule has 3 rings (SSSR count). The zero-order valence-corrected chi connectivity index (χ0v) is 11.1. The van der Waals surface area contributed by atoms with Gasteiger partial charge in [-0.05, 0) is 32.6 Å². The Labute approximate surface area is 114 Å². The van der Waals surface area contributed by atoms with Gasteiger partial charge in [-0.1, -0.05) is 0 Å². The number of anilines is 1. The summed E-state index contributed by atoms with van der Waals surface area (Å²) in [6, 6.07) is 1.19. The molecule has 2 unspecified atom stereocenters. The van der Waals surface area contributed by atoms with E-state index < -0.39 is 11.9 Å². The van der Waals surface area contributed by atoms with Crippen molar-refractivity contribution in [1.29, 1.82) is 0 Å². The number of fused-ring (bicyclic) bond motifs is 2. The molecule has 1 N–H and O–H groups in total. The highest BCUT2D eigenvalue weighted by Gasteiger charge is 2.42. The van der Waals surface area contributed by atoms with Gasteiger partial charge >= 0.3 is 6.18 Å². The monoisotopic (exact) mass is 287 g/mol. The molecule has 2 fully saturated rings. The number of hydrogen-bond donors (Lipinski definition) is 1. The summed E-state index contributed by atoms with van der Waals surface area (Å²) >= 11 is 0. The molecule has 2 bridgehead atoms. The van der Waals surface area contributed by atoms with Crippen LogP contribution in [0.3, 0.4) is 0 Å². The Morgan fingerprint density at radius 1 is 1.20 bits per heavy atom. The van der Waals surface area contributed by atoms with Gasteiger partial charge in [-0.3, -0.25) is 0 Å². The van der Waals surface area contributed by atoms with Crippen LogP contribution in [0.5, 0.6) is 0 Å². The van der Waals surface area contributed by atoms with Gasteiger partial charge in [0.15, 0.2) is 0 Å². The summed E-state index contributed by atoms with van der Waals surface area (Å²) in [7, 11) is 0. The number of aromatic nitrogens is 2. The van der Waals surface area contributed by atoms with Gasteiger partial charge in [-0.2, -0.15) is 13.2 Å². The summed E-state index contributed by atoms with van der Waals surface area (Å²) in [6.45, 7) is 1.47. The van der Waals surface area contributed by atoms with Gasteiger partial charge in [0.2, 0.25) is 0 Å². The van der Waals surface area contributed by atoms with Gasteiger partial charge in [0, 0.05) is 18.2 Å². The minimum absolute atomic E-state index is 0.0825. The van der Waals surface area contributed by atoms with E-state index >= 15 is 0 Å². The van der Waals surface area contributed by atoms with Crippen LogP contribution in [0, 0.1) is 6.92 Å². The number of alkyl halides is 3. The lowest BCUT2D eigenvalue weighted by molar-refractivity contribution is -0.141. The number of hydrogen-bond acceptors (Lipinski definition) is 4. The Morgan fingerprint density at radius 2 is 1.80 bits per heavy atom. The fraction of sp³-hybridized carbons (Fsp3) is 0.692. The lowest BCUT2D eigenvalue weighted by atomic mass is 10.00. The zero-order valence-electron chi connectivity index (χ0n) is 11.1. The predicted molar refractivity (Wildman–Crippen MR) is 66.3 cm³/mol. The molecule has 0 saturated carbocycles. The van der Waals surface area contributed by atoms with E-state index in [1.54, 1.807) is 0 Å². The van der Waals surface area contributed by atoms with Crippen LogP contribution in [0.25, 0.3) is 0 Å². The molecule has 0 aliphatic carbocycles. The summed E-state index contributed by atoms with van der Waals surface area (Å²) in [4.78, 5) is 9.58. The quantitative estimate of drug-likeness (QED) is 0.861. The molecule has 2 aliphatic heterocycles. The molecule has 1 aromatic rings. The van der Waals surface area contributed by atoms with Gasteiger partial charge < -0.3 is 10.0 Å². The molecule has 0 spiro atoms. The molecule has 1 aromatic heterocycles. The summed E-state index contributed by atoms with van der Waals surface area (Å²) in [5.74, 6) is 0.463. The maximum absolute atomic E-state index is 12.8. The molecule has 2 saturated heterocycles. The summed E-state index contributed by atoms with van der Waals surface area (Å²) in [5.41, 5.74) is -0.898. The van der Waals surface area contributed by atoms with Gasteiger partial charge in [-0.25, -0.2) is 9.97 Å². The first-order valence-electron chi connectivity index (χ1n) is 6.74. The van der Waals surface area contributed by atoms with Gasteiger partial charge in [0.1, 0.15) is 17.3 Å². The van der Waals surface area contributed by atoms with Crippen molar-refractivity contribution in [3.63, 3.8) is 0 Å².